The average Bonchev–Trinajstić information content (AvgIpc) is 3.63. The standard InChI is InChI=1S/C35H27Cl2N3S/c36-28-18-14-23(15-19-28)22-27-12-7-13-30-31(27)39-40(33(30)25-16-20-29(37)21-17-25)35-38-32(24-8-3-1-4-9-24)34(41-35)26-10-5-2-6-11-26/h1-6,8-11,14-22,30,33H,7,12-13H2/b27-22+/t30-,33-/m0/s1. The van der Waals surface area contributed by atoms with E-state index in [9.17, 15) is 0 Å². The molecule has 1 saturated carbocycles. The van der Waals surface area contributed by atoms with Gasteiger partial charge in [-0.15, -0.1) is 0 Å². The third-order valence-corrected chi connectivity index (χ3v) is 9.42. The summed E-state index contributed by atoms with van der Waals surface area (Å²) in [5, 5.41) is 9.92. The molecule has 1 aliphatic carbocycles. The number of hydrogen-bond donors (Lipinski definition) is 0. The number of allylic oxidation sites excluding steroid dienone is 1. The topological polar surface area (TPSA) is 28.5 Å². The van der Waals surface area contributed by atoms with E-state index in [-0.39, 0.29) is 12.0 Å². The summed E-state index contributed by atoms with van der Waals surface area (Å²) in [6.45, 7) is 0. The molecule has 5 aromatic rings. The predicted octanol–water partition coefficient (Wildman–Crippen LogP) is 10.6. The zero-order valence-corrected chi connectivity index (χ0v) is 24.6. The zero-order chi connectivity index (χ0) is 27.8. The van der Waals surface area contributed by atoms with Crippen LogP contribution in [0.2, 0.25) is 10.0 Å². The fraction of sp³-hybridized carbons (Fsp3) is 0.143. The fourth-order valence-corrected chi connectivity index (χ4v) is 7.23. The van der Waals surface area contributed by atoms with Crippen molar-refractivity contribution in [1.29, 1.82) is 0 Å². The molecule has 1 fully saturated rings. The van der Waals surface area contributed by atoms with Gasteiger partial charge in [-0.05, 0) is 71.9 Å². The van der Waals surface area contributed by atoms with Crippen molar-refractivity contribution in [3.8, 4) is 21.7 Å². The van der Waals surface area contributed by atoms with Crippen molar-refractivity contribution in [2.24, 2.45) is 11.0 Å². The van der Waals surface area contributed by atoms with Crippen molar-refractivity contribution in [1.82, 2.24) is 4.98 Å². The van der Waals surface area contributed by atoms with Gasteiger partial charge in [-0.25, -0.2) is 9.99 Å². The number of benzene rings is 4. The van der Waals surface area contributed by atoms with E-state index < -0.39 is 0 Å². The maximum atomic E-state index is 6.32. The summed E-state index contributed by atoms with van der Waals surface area (Å²) in [6.07, 6.45) is 5.46. The summed E-state index contributed by atoms with van der Waals surface area (Å²) >= 11 is 14.2. The Morgan fingerprint density at radius 2 is 1.39 bits per heavy atom. The number of nitrogens with zero attached hydrogens (tertiary/aromatic N) is 3. The Labute approximate surface area is 254 Å². The van der Waals surface area contributed by atoms with Crippen LogP contribution in [-0.2, 0) is 0 Å². The lowest BCUT2D eigenvalue weighted by Gasteiger charge is -2.29. The van der Waals surface area contributed by atoms with Crippen LogP contribution in [0.1, 0.15) is 36.4 Å². The number of halogens is 2. The molecular weight excluding hydrogens is 565 g/mol. The van der Waals surface area contributed by atoms with Crippen LogP contribution in [0.25, 0.3) is 27.8 Å². The molecule has 2 heterocycles. The molecule has 4 aromatic carbocycles. The number of fused-ring (bicyclic) bond motifs is 1. The molecule has 2 aliphatic rings. The van der Waals surface area contributed by atoms with E-state index in [1.807, 2.05) is 30.3 Å². The molecule has 3 nitrogen and oxygen atoms in total. The lowest BCUT2D eigenvalue weighted by atomic mass is 9.77. The normalized spacial score (nSPS) is 19.3. The van der Waals surface area contributed by atoms with Gasteiger partial charge in [0.15, 0.2) is 0 Å². The first-order valence-corrected chi connectivity index (χ1v) is 15.4. The maximum absolute atomic E-state index is 6.32. The number of thiazole rings is 1. The number of hydrogen-bond acceptors (Lipinski definition) is 4. The average molecular weight is 593 g/mol. The first-order chi connectivity index (χ1) is 20.1. The molecule has 0 amide bonds. The van der Waals surface area contributed by atoms with Crippen molar-refractivity contribution in [2.45, 2.75) is 25.3 Å². The summed E-state index contributed by atoms with van der Waals surface area (Å²) in [6, 6.07) is 37.3. The van der Waals surface area contributed by atoms with Gasteiger partial charge < -0.3 is 0 Å². The van der Waals surface area contributed by atoms with Crippen molar-refractivity contribution in [3.05, 3.63) is 136 Å². The van der Waals surface area contributed by atoms with Gasteiger partial charge >= 0.3 is 0 Å². The lowest BCUT2D eigenvalue weighted by Crippen LogP contribution is -2.28. The molecule has 1 aliphatic heterocycles. The van der Waals surface area contributed by atoms with Gasteiger partial charge in [-0.1, -0.05) is 119 Å². The molecular formula is C35H27Cl2N3S. The van der Waals surface area contributed by atoms with E-state index in [0.29, 0.717) is 0 Å². The fourth-order valence-electron chi connectivity index (χ4n) is 5.90. The molecule has 41 heavy (non-hydrogen) atoms. The first kappa shape index (κ1) is 26.2. The molecule has 0 radical (unpaired) electrons. The van der Waals surface area contributed by atoms with E-state index in [0.717, 1.165) is 67.4 Å². The molecule has 0 saturated heterocycles. The minimum absolute atomic E-state index is 0.0366. The Kier molecular flexibility index (Phi) is 7.22. The monoisotopic (exact) mass is 591 g/mol. The number of aromatic nitrogens is 1. The Hall–Kier alpha value is -3.70. The van der Waals surface area contributed by atoms with E-state index in [4.69, 9.17) is 33.3 Å². The van der Waals surface area contributed by atoms with Gasteiger partial charge in [0.25, 0.3) is 0 Å². The Morgan fingerprint density at radius 1 is 0.756 bits per heavy atom. The van der Waals surface area contributed by atoms with Crippen LogP contribution in [0.4, 0.5) is 5.13 Å². The number of anilines is 1. The largest absolute Gasteiger partial charge is 0.231 e. The third-order valence-electron chi connectivity index (χ3n) is 7.82. The van der Waals surface area contributed by atoms with Gasteiger partial charge in [0.2, 0.25) is 5.13 Å². The highest BCUT2D eigenvalue weighted by molar-refractivity contribution is 7.19. The summed E-state index contributed by atoms with van der Waals surface area (Å²) < 4.78 is 0. The molecule has 2 atom stereocenters. The van der Waals surface area contributed by atoms with Gasteiger partial charge in [-0.3, -0.25) is 0 Å². The molecule has 1 aromatic heterocycles. The van der Waals surface area contributed by atoms with Crippen molar-refractivity contribution in [2.75, 3.05) is 5.01 Å². The molecule has 0 unspecified atom stereocenters. The van der Waals surface area contributed by atoms with Crippen molar-refractivity contribution < 1.29 is 0 Å². The first-order valence-electron chi connectivity index (χ1n) is 13.9. The van der Waals surface area contributed by atoms with Crippen LogP contribution >= 0.6 is 34.5 Å². The third kappa shape index (κ3) is 5.24. The Balaban J connectivity index is 1.38. The summed E-state index contributed by atoms with van der Waals surface area (Å²) in [7, 11) is 0. The smallest absolute Gasteiger partial charge is 0.207 e. The highest BCUT2D eigenvalue weighted by Gasteiger charge is 2.43. The van der Waals surface area contributed by atoms with E-state index in [1.54, 1.807) is 11.3 Å². The minimum atomic E-state index is 0.0366. The number of rotatable bonds is 5. The molecule has 202 valence electrons. The second-order valence-corrected chi connectivity index (χ2v) is 12.3. The minimum Gasteiger partial charge on any atom is -0.231 e. The lowest BCUT2D eigenvalue weighted by molar-refractivity contribution is 0.487. The molecule has 0 spiro atoms. The predicted molar refractivity (Wildman–Crippen MR) is 174 cm³/mol. The van der Waals surface area contributed by atoms with Gasteiger partial charge in [0.05, 0.1) is 22.3 Å². The van der Waals surface area contributed by atoms with Gasteiger partial charge in [-0.2, -0.15) is 5.10 Å². The Morgan fingerprint density at radius 3 is 2.07 bits per heavy atom. The van der Waals surface area contributed by atoms with Gasteiger partial charge in [0, 0.05) is 21.5 Å². The van der Waals surface area contributed by atoms with Crippen molar-refractivity contribution >= 4 is 51.5 Å². The summed E-state index contributed by atoms with van der Waals surface area (Å²) in [5.41, 5.74) is 8.02. The second kappa shape index (κ2) is 11.3. The highest BCUT2D eigenvalue weighted by Crippen LogP contribution is 2.49. The van der Waals surface area contributed by atoms with Gasteiger partial charge in [0.1, 0.15) is 0 Å². The second-order valence-electron chi connectivity index (χ2n) is 10.5. The SMILES string of the molecule is Clc1ccc(/C=C2\CCC[C@H]3C2=NN(c2nc(-c4ccccc4)c(-c4ccccc4)s2)[C@H]3c2ccc(Cl)cc2)cc1. The van der Waals surface area contributed by atoms with Crippen LogP contribution in [-0.4, -0.2) is 10.7 Å². The summed E-state index contributed by atoms with van der Waals surface area (Å²) in [4.78, 5) is 6.43. The molecule has 7 rings (SSSR count). The van der Waals surface area contributed by atoms with E-state index in [1.165, 1.54) is 11.1 Å². The molecule has 6 heteroatoms. The van der Waals surface area contributed by atoms with Crippen LogP contribution < -0.4 is 5.01 Å². The molecule has 0 bridgehead atoms. The van der Waals surface area contributed by atoms with Crippen LogP contribution in [0.3, 0.4) is 0 Å². The maximum Gasteiger partial charge on any atom is 0.207 e. The van der Waals surface area contributed by atoms with Crippen LogP contribution in [0.15, 0.2) is 120 Å². The highest BCUT2D eigenvalue weighted by atomic mass is 35.5. The summed E-state index contributed by atoms with van der Waals surface area (Å²) in [5.74, 6) is 0.257. The van der Waals surface area contributed by atoms with Crippen LogP contribution in [0.5, 0.6) is 0 Å². The molecule has 0 N–H and O–H groups in total. The number of hydrazone groups is 1. The zero-order valence-electron chi connectivity index (χ0n) is 22.3. The Bertz CT molecular complexity index is 1670. The quantitative estimate of drug-likeness (QED) is 0.203. The van der Waals surface area contributed by atoms with E-state index in [2.05, 4.69) is 89.9 Å². The van der Waals surface area contributed by atoms with E-state index >= 15 is 0 Å². The van der Waals surface area contributed by atoms with Crippen LogP contribution in [0, 0.1) is 5.92 Å². The van der Waals surface area contributed by atoms with Crippen molar-refractivity contribution in [3.63, 3.8) is 0 Å².